The van der Waals surface area contributed by atoms with Gasteiger partial charge < -0.3 is 9.47 Å². The predicted octanol–water partition coefficient (Wildman–Crippen LogP) is 6.25. The van der Waals surface area contributed by atoms with Crippen molar-refractivity contribution in [3.63, 3.8) is 0 Å². The molecule has 3 rings (SSSR count). The van der Waals surface area contributed by atoms with Gasteiger partial charge in [-0.2, -0.15) is 0 Å². The topological polar surface area (TPSA) is 55.8 Å². The molecule has 9 heteroatoms. The summed E-state index contributed by atoms with van der Waals surface area (Å²) in [5, 5.41) is 0.873. The minimum Gasteiger partial charge on any atom is -0.488 e. The Kier molecular flexibility index (Phi) is 8.47. The fraction of sp³-hybridized carbons (Fsp3) is 0.238. The second-order valence-corrected chi connectivity index (χ2v) is 9.39. The third kappa shape index (κ3) is 5.91. The van der Waals surface area contributed by atoms with E-state index in [2.05, 4.69) is 22.6 Å². The second-order valence-electron chi connectivity index (χ2n) is 6.39. The Labute approximate surface area is 202 Å². The molecular formula is C21H18Cl2INO4S. The SMILES string of the molecule is COCCCN1C(=O)S/C(=C/c2ccc(OCc3ccc(Cl)cc3Cl)c(I)c2)C1=O. The van der Waals surface area contributed by atoms with Gasteiger partial charge in [-0.15, -0.1) is 0 Å². The van der Waals surface area contributed by atoms with Crippen LogP contribution in [-0.4, -0.2) is 36.3 Å². The summed E-state index contributed by atoms with van der Waals surface area (Å²) < 4.78 is 11.7. The summed E-state index contributed by atoms with van der Waals surface area (Å²) in [6.45, 7) is 1.17. The quantitative estimate of drug-likeness (QED) is 0.211. The van der Waals surface area contributed by atoms with Crippen molar-refractivity contribution in [3.05, 3.63) is 66.0 Å². The Morgan fingerprint density at radius 3 is 2.67 bits per heavy atom. The molecule has 158 valence electrons. The minimum atomic E-state index is -0.270. The van der Waals surface area contributed by atoms with E-state index < -0.39 is 0 Å². The number of thioether (sulfide) groups is 1. The fourth-order valence-electron chi connectivity index (χ4n) is 2.73. The van der Waals surface area contributed by atoms with Crippen molar-refractivity contribution >= 4 is 74.8 Å². The monoisotopic (exact) mass is 577 g/mol. The summed E-state index contributed by atoms with van der Waals surface area (Å²) in [4.78, 5) is 26.3. The maximum Gasteiger partial charge on any atom is 0.293 e. The van der Waals surface area contributed by atoms with E-state index in [1.54, 1.807) is 25.3 Å². The summed E-state index contributed by atoms with van der Waals surface area (Å²) in [6, 6.07) is 10.9. The lowest BCUT2D eigenvalue weighted by Crippen LogP contribution is -2.29. The van der Waals surface area contributed by atoms with E-state index in [-0.39, 0.29) is 11.1 Å². The van der Waals surface area contributed by atoms with Gasteiger partial charge in [0.15, 0.2) is 0 Å². The van der Waals surface area contributed by atoms with Crippen LogP contribution < -0.4 is 4.74 Å². The molecule has 0 saturated carbocycles. The highest BCUT2D eigenvalue weighted by molar-refractivity contribution is 14.1. The Bertz CT molecular complexity index is 999. The van der Waals surface area contributed by atoms with Crippen LogP contribution in [0.2, 0.25) is 10.0 Å². The van der Waals surface area contributed by atoms with Gasteiger partial charge in [0, 0.05) is 35.9 Å². The highest BCUT2D eigenvalue weighted by Crippen LogP contribution is 2.33. The standard InChI is InChI=1S/C21H18Cl2INO4S/c1-28-8-2-7-25-20(26)19(30-21(25)27)10-13-3-6-18(17(24)9-13)29-12-14-4-5-15(22)11-16(14)23/h3-6,9-11H,2,7-8,12H2,1H3/b19-10+. The summed E-state index contributed by atoms with van der Waals surface area (Å²) in [5.41, 5.74) is 1.65. The maximum atomic E-state index is 12.5. The molecule has 1 fully saturated rings. The van der Waals surface area contributed by atoms with Gasteiger partial charge in [-0.1, -0.05) is 35.3 Å². The van der Waals surface area contributed by atoms with Crippen LogP contribution in [0.1, 0.15) is 17.5 Å². The molecule has 0 bridgehead atoms. The molecule has 5 nitrogen and oxygen atoms in total. The first-order chi connectivity index (χ1) is 14.4. The Morgan fingerprint density at radius 2 is 1.97 bits per heavy atom. The molecule has 0 N–H and O–H groups in total. The number of carbonyl (C=O) groups excluding carboxylic acids is 2. The average Bonchev–Trinajstić information content (AvgIpc) is 2.96. The number of carbonyl (C=O) groups is 2. The number of hydrogen-bond donors (Lipinski definition) is 0. The van der Waals surface area contributed by atoms with Gasteiger partial charge >= 0.3 is 0 Å². The molecule has 2 aromatic carbocycles. The van der Waals surface area contributed by atoms with Gasteiger partial charge in [0.25, 0.3) is 11.1 Å². The maximum absolute atomic E-state index is 12.5. The number of ether oxygens (including phenoxy) is 2. The van der Waals surface area contributed by atoms with Crippen molar-refractivity contribution in [1.82, 2.24) is 4.90 Å². The number of imide groups is 1. The van der Waals surface area contributed by atoms with Crippen LogP contribution in [0.3, 0.4) is 0 Å². The summed E-state index contributed by atoms with van der Waals surface area (Å²) >= 11 is 15.2. The van der Waals surface area contributed by atoms with Crippen molar-refractivity contribution in [2.45, 2.75) is 13.0 Å². The van der Waals surface area contributed by atoms with Crippen molar-refractivity contribution < 1.29 is 19.1 Å². The second kappa shape index (κ2) is 10.9. The molecule has 2 amide bonds. The highest BCUT2D eigenvalue weighted by atomic mass is 127. The first-order valence-electron chi connectivity index (χ1n) is 8.99. The van der Waals surface area contributed by atoms with Gasteiger partial charge in [0.2, 0.25) is 0 Å². The van der Waals surface area contributed by atoms with E-state index in [9.17, 15) is 9.59 Å². The summed E-state index contributed by atoms with van der Waals surface area (Å²) in [6.07, 6.45) is 2.34. The number of rotatable bonds is 8. The summed E-state index contributed by atoms with van der Waals surface area (Å²) in [5.74, 6) is 0.431. The van der Waals surface area contributed by atoms with Crippen LogP contribution in [0.15, 0.2) is 41.3 Å². The van der Waals surface area contributed by atoms with Crippen LogP contribution in [-0.2, 0) is 16.1 Å². The van der Waals surface area contributed by atoms with Gasteiger partial charge in [-0.05, 0) is 76.7 Å². The molecule has 1 saturated heterocycles. The zero-order chi connectivity index (χ0) is 21.7. The van der Waals surface area contributed by atoms with Gasteiger partial charge in [0.1, 0.15) is 12.4 Å². The molecule has 1 aliphatic rings. The predicted molar refractivity (Wildman–Crippen MR) is 129 cm³/mol. The molecule has 0 aromatic heterocycles. The molecule has 2 aromatic rings. The van der Waals surface area contributed by atoms with Crippen LogP contribution in [0.25, 0.3) is 6.08 Å². The summed E-state index contributed by atoms with van der Waals surface area (Å²) in [7, 11) is 1.59. The number of benzene rings is 2. The van der Waals surface area contributed by atoms with Crippen molar-refractivity contribution in [2.24, 2.45) is 0 Å². The van der Waals surface area contributed by atoms with Crippen LogP contribution in [0, 0.1) is 3.57 Å². The molecule has 0 atom stereocenters. The van der Waals surface area contributed by atoms with E-state index in [0.717, 1.165) is 26.5 Å². The molecule has 0 unspecified atom stereocenters. The molecule has 1 aliphatic heterocycles. The molecule has 0 spiro atoms. The lowest BCUT2D eigenvalue weighted by molar-refractivity contribution is -0.122. The van der Waals surface area contributed by atoms with Crippen molar-refractivity contribution in [2.75, 3.05) is 20.3 Å². The normalized spacial score (nSPS) is 15.3. The zero-order valence-electron chi connectivity index (χ0n) is 16.0. The third-order valence-electron chi connectivity index (χ3n) is 4.26. The van der Waals surface area contributed by atoms with E-state index in [0.29, 0.717) is 46.9 Å². The van der Waals surface area contributed by atoms with Crippen LogP contribution in [0.4, 0.5) is 4.79 Å². The Morgan fingerprint density at radius 1 is 1.17 bits per heavy atom. The largest absolute Gasteiger partial charge is 0.488 e. The van der Waals surface area contributed by atoms with E-state index >= 15 is 0 Å². The molecule has 0 aliphatic carbocycles. The lowest BCUT2D eigenvalue weighted by atomic mass is 10.2. The van der Waals surface area contributed by atoms with Crippen molar-refractivity contribution in [1.29, 1.82) is 0 Å². The number of hydrogen-bond acceptors (Lipinski definition) is 5. The Hall–Kier alpha value is -1.26. The number of amides is 2. The number of nitrogens with zero attached hydrogens (tertiary/aromatic N) is 1. The molecule has 30 heavy (non-hydrogen) atoms. The highest BCUT2D eigenvalue weighted by Gasteiger charge is 2.34. The van der Waals surface area contributed by atoms with E-state index in [4.69, 9.17) is 32.7 Å². The van der Waals surface area contributed by atoms with Crippen molar-refractivity contribution in [3.8, 4) is 5.75 Å². The van der Waals surface area contributed by atoms with E-state index in [1.807, 2.05) is 24.3 Å². The van der Waals surface area contributed by atoms with E-state index in [1.165, 1.54) is 4.90 Å². The van der Waals surface area contributed by atoms with Crippen LogP contribution >= 0.6 is 57.6 Å². The number of methoxy groups -OCH3 is 1. The third-order valence-corrected chi connectivity index (χ3v) is 6.59. The zero-order valence-corrected chi connectivity index (χ0v) is 20.5. The van der Waals surface area contributed by atoms with Gasteiger partial charge in [-0.3, -0.25) is 14.5 Å². The molecule has 0 radical (unpaired) electrons. The number of halogens is 3. The van der Waals surface area contributed by atoms with Crippen LogP contribution in [0.5, 0.6) is 5.75 Å². The lowest BCUT2D eigenvalue weighted by Gasteiger charge is -2.11. The fourth-order valence-corrected chi connectivity index (χ4v) is 4.75. The first kappa shape index (κ1) is 23.4. The minimum absolute atomic E-state index is 0.253. The average molecular weight is 578 g/mol. The Balaban J connectivity index is 1.67. The van der Waals surface area contributed by atoms with Gasteiger partial charge in [-0.25, -0.2) is 0 Å². The molecular weight excluding hydrogens is 560 g/mol. The van der Waals surface area contributed by atoms with Gasteiger partial charge in [0.05, 0.1) is 8.48 Å². The first-order valence-corrected chi connectivity index (χ1v) is 11.6. The molecule has 1 heterocycles. The smallest absolute Gasteiger partial charge is 0.293 e.